The molecule has 0 aliphatic heterocycles. The number of ether oxygens (including phenoxy) is 1. The second-order valence-corrected chi connectivity index (χ2v) is 4.43. The Morgan fingerprint density at radius 1 is 1.43 bits per heavy atom. The van der Waals surface area contributed by atoms with Crippen molar-refractivity contribution in [2.75, 3.05) is 47.4 Å². The minimum Gasteiger partial charge on any atom is -0.383 e. The number of hydrogen-bond donors (Lipinski definition) is 1. The van der Waals surface area contributed by atoms with Crippen LogP contribution in [0.4, 0.5) is 0 Å². The first-order chi connectivity index (χ1) is 6.58. The Labute approximate surface area is 88.8 Å². The lowest BCUT2D eigenvalue weighted by molar-refractivity contribution is 0.127. The second-order valence-electron chi connectivity index (χ2n) is 4.43. The maximum Gasteiger partial charge on any atom is 0.0589 e. The normalized spacial score (nSPS) is 15.9. The van der Waals surface area contributed by atoms with E-state index in [1.165, 1.54) is 6.42 Å². The Kier molecular flexibility index (Phi) is 7.15. The smallest absolute Gasteiger partial charge is 0.0589 e. The molecule has 0 radical (unpaired) electrons. The highest BCUT2D eigenvalue weighted by Gasteiger charge is 2.22. The van der Waals surface area contributed by atoms with Crippen LogP contribution in [0.25, 0.3) is 0 Å². The van der Waals surface area contributed by atoms with Gasteiger partial charge in [0.05, 0.1) is 6.61 Å². The molecule has 0 saturated heterocycles. The molecule has 14 heavy (non-hydrogen) atoms. The molecule has 0 aliphatic carbocycles. The molecule has 1 atom stereocenters. The molecule has 0 amide bonds. The highest BCUT2D eigenvalue weighted by Crippen LogP contribution is 2.20. The summed E-state index contributed by atoms with van der Waals surface area (Å²) >= 11 is 0. The van der Waals surface area contributed by atoms with Gasteiger partial charge in [-0.15, -0.1) is 0 Å². The number of likely N-dealkylation sites (N-methyl/N-ethyl adjacent to an activating group) is 1. The lowest BCUT2D eigenvalue weighted by Crippen LogP contribution is -2.40. The van der Waals surface area contributed by atoms with Gasteiger partial charge >= 0.3 is 0 Å². The molecule has 1 unspecified atom stereocenters. The molecule has 0 rings (SSSR count). The van der Waals surface area contributed by atoms with Crippen molar-refractivity contribution in [3.63, 3.8) is 0 Å². The average Bonchev–Trinajstić information content (AvgIpc) is 2.15. The first-order valence-corrected chi connectivity index (χ1v) is 5.40. The molecule has 3 heteroatoms. The van der Waals surface area contributed by atoms with Crippen molar-refractivity contribution >= 4 is 0 Å². The van der Waals surface area contributed by atoms with Crippen molar-refractivity contribution in [1.29, 1.82) is 0 Å². The van der Waals surface area contributed by atoms with Crippen LogP contribution in [0.15, 0.2) is 0 Å². The number of nitrogens with one attached hydrogen (secondary N) is 1. The Morgan fingerprint density at radius 2 is 2.07 bits per heavy atom. The van der Waals surface area contributed by atoms with Crippen LogP contribution in [0.2, 0.25) is 0 Å². The van der Waals surface area contributed by atoms with E-state index in [-0.39, 0.29) is 0 Å². The third kappa shape index (κ3) is 5.58. The molecule has 0 aliphatic rings. The summed E-state index contributed by atoms with van der Waals surface area (Å²) in [5.41, 5.74) is 0.372. The SMILES string of the molecule is CCC(C)(CNC)CN(C)CCOC. The van der Waals surface area contributed by atoms with Gasteiger partial charge in [0.15, 0.2) is 0 Å². The molecule has 0 aromatic carbocycles. The van der Waals surface area contributed by atoms with E-state index in [0.717, 1.165) is 26.2 Å². The van der Waals surface area contributed by atoms with E-state index in [1.54, 1.807) is 7.11 Å². The van der Waals surface area contributed by atoms with Crippen molar-refractivity contribution < 1.29 is 4.74 Å². The Hall–Kier alpha value is -0.120. The van der Waals surface area contributed by atoms with Gasteiger partial charge in [0.2, 0.25) is 0 Å². The number of hydrogen-bond acceptors (Lipinski definition) is 3. The van der Waals surface area contributed by atoms with Crippen LogP contribution >= 0.6 is 0 Å². The van der Waals surface area contributed by atoms with Gasteiger partial charge < -0.3 is 15.0 Å². The maximum atomic E-state index is 5.06. The summed E-state index contributed by atoms with van der Waals surface area (Å²) in [5, 5.41) is 3.26. The van der Waals surface area contributed by atoms with Crippen LogP contribution in [0, 0.1) is 5.41 Å². The van der Waals surface area contributed by atoms with Gasteiger partial charge in [0.1, 0.15) is 0 Å². The van der Waals surface area contributed by atoms with Gasteiger partial charge in [0.25, 0.3) is 0 Å². The van der Waals surface area contributed by atoms with Crippen LogP contribution in [0.5, 0.6) is 0 Å². The van der Waals surface area contributed by atoms with E-state index in [1.807, 2.05) is 7.05 Å². The zero-order chi connectivity index (χ0) is 11.0. The van der Waals surface area contributed by atoms with E-state index < -0.39 is 0 Å². The minimum atomic E-state index is 0.372. The zero-order valence-electron chi connectivity index (χ0n) is 10.4. The van der Waals surface area contributed by atoms with Crippen molar-refractivity contribution in [3.05, 3.63) is 0 Å². The van der Waals surface area contributed by atoms with Gasteiger partial charge in [-0.1, -0.05) is 13.8 Å². The van der Waals surface area contributed by atoms with Gasteiger partial charge in [-0.05, 0) is 25.9 Å². The van der Waals surface area contributed by atoms with E-state index in [4.69, 9.17) is 4.74 Å². The summed E-state index contributed by atoms with van der Waals surface area (Å²) in [7, 11) is 5.92. The van der Waals surface area contributed by atoms with Crippen molar-refractivity contribution in [2.24, 2.45) is 5.41 Å². The first-order valence-electron chi connectivity index (χ1n) is 5.40. The molecular weight excluding hydrogens is 176 g/mol. The highest BCUT2D eigenvalue weighted by atomic mass is 16.5. The predicted octanol–water partition coefficient (Wildman–Crippen LogP) is 1.20. The highest BCUT2D eigenvalue weighted by molar-refractivity contribution is 4.77. The fourth-order valence-electron chi connectivity index (χ4n) is 1.70. The van der Waals surface area contributed by atoms with Gasteiger partial charge in [-0.3, -0.25) is 0 Å². The molecule has 86 valence electrons. The molecule has 0 heterocycles. The largest absolute Gasteiger partial charge is 0.383 e. The fourth-order valence-corrected chi connectivity index (χ4v) is 1.70. The summed E-state index contributed by atoms with van der Waals surface area (Å²) < 4.78 is 5.06. The summed E-state index contributed by atoms with van der Waals surface area (Å²) in [6, 6.07) is 0. The average molecular weight is 202 g/mol. The third-order valence-electron chi connectivity index (χ3n) is 2.79. The molecule has 0 saturated carbocycles. The van der Waals surface area contributed by atoms with Crippen LogP contribution in [-0.4, -0.2) is 52.3 Å². The van der Waals surface area contributed by atoms with Gasteiger partial charge in [-0.2, -0.15) is 0 Å². The Bertz CT molecular complexity index is 141. The van der Waals surface area contributed by atoms with E-state index >= 15 is 0 Å². The van der Waals surface area contributed by atoms with Crippen molar-refractivity contribution in [1.82, 2.24) is 10.2 Å². The van der Waals surface area contributed by atoms with Gasteiger partial charge in [-0.25, -0.2) is 0 Å². The summed E-state index contributed by atoms with van der Waals surface area (Å²) in [4.78, 5) is 2.34. The molecule has 0 aromatic rings. The zero-order valence-corrected chi connectivity index (χ0v) is 10.4. The quantitative estimate of drug-likeness (QED) is 0.640. The number of methoxy groups -OCH3 is 1. The standard InChI is InChI=1S/C11H26N2O/c1-6-11(2,9-12-3)10-13(4)7-8-14-5/h12H,6-10H2,1-5H3. The van der Waals surface area contributed by atoms with E-state index in [0.29, 0.717) is 5.41 Å². The first kappa shape index (κ1) is 13.9. The van der Waals surface area contributed by atoms with Crippen molar-refractivity contribution in [2.45, 2.75) is 20.3 Å². The molecule has 0 fully saturated rings. The maximum absolute atomic E-state index is 5.06. The molecule has 3 nitrogen and oxygen atoms in total. The van der Waals surface area contributed by atoms with Crippen LogP contribution in [0.1, 0.15) is 20.3 Å². The molecule has 1 N–H and O–H groups in total. The van der Waals surface area contributed by atoms with Crippen LogP contribution in [0.3, 0.4) is 0 Å². The topological polar surface area (TPSA) is 24.5 Å². The monoisotopic (exact) mass is 202 g/mol. The summed E-state index contributed by atoms with van der Waals surface area (Å²) in [6.07, 6.45) is 1.20. The summed E-state index contributed by atoms with van der Waals surface area (Å²) in [6.45, 7) is 8.59. The predicted molar refractivity (Wildman–Crippen MR) is 61.7 cm³/mol. The van der Waals surface area contributed by atoms with E-state index in [9.17, 15) is 0 Å². The van der Waals surface area contributed by atoms with Crippen LogP contribution < -0.4 is 5.32 Å². The third-order valence-corrected chi connectivity index (χ3v) is 2.79. The fraction of sp³-hybridized carbons (Fsp3) is 1.00. The molecule has 0 bridgehead atoms. The molecule has 0 spiro atoms. The summed E-state index contributed by atoms with van der Waals surface area (Å²) in [5.74, 6) is 0. The van der Waals surface area contributed by atoms with Crippen molar-refractivity contribution in [3.8, 4) is 0 Å². The minimum absolute atomic E-state index is 0.372. The second kappa shape index (κ2) is 7.21. The lowest BCUT2D eigenvalue weighted by Gasteiger charge is -2.32. The lowest BCUT2D eigenvalue weighted by atomic mass is 9.87. The Balaban J connectivity index is 3.89. The van der Waals surface area contributed by atoms with Crippen LogP contribution in [-0.2, 0) is 4.74 Å². The molecular formula is C11H26N2O. The Morgan fingerprint density at radius 3 is 2.50 bits per heavy atom. The molecule has 0 aromatic heterocycles. The number of rotatable bonds is 8. The number of nitrogens with zero attached hydrogens (tertiary/aromatic N) is 1. The van der Waals surface area contributed by atoms with Gasteiger partial charge in [0, 0.05) is 26.7 Å². The van der Waals surface area contributed by atoms with E-state index in [2.05, 4.69) is 31.1 Å².